The van der Waals surface area contributed by atoms with Gasteiger partial charge in [-0.15, -0.1) is 0 Å². The van der Waals surface area contributed by atoms with Crippen LogP contribution in [0.3, 0.4) is 0 Å². The van der Waals surface area contributed by atoms with Gasteiger partial charge in [-0.05, 0) is 31.5 Å². The molecule has 0 heterocycles. The SMILES string of the molecule is C=NC(=CN=CC)C(=O)NC(Cc1ccccc1)C(=O)NC(CC(C)C)B(O)O. The van der Waals surface area contributed by atoms with E-state index in [1.54, 1.807) is 6.92 Å². The van der Waals surface area contributed by atoms with Gasteiger partial charge in [-0.2, -0.15) is 0 Å². The Morgan fingerprint density at radius 2 is 1.86 bits per heavy atom. The van der Waals surface area contributed by atoms with E-state index >= 15 is 0 Å². The zero-order valence-corrected chi connectivity index (χ0v) is 17.1. The Morgan fingerprint density at radius 3 is 2.38 bits per heavy atom. The Kier molecular flexibility index (Phi) is 10.6. The molecule has 1 rings (SSSR count). The Morgan fingerprint density at radius 1 is 1.21 bits per heavy atom. The van der Waals surface area contributed by atoms with Crippen LogP contribution in [-0.4, -0.2) is 53.9 Å². The van der Waals surface area contributed by atoms with Crippen LogP contribution in [-0.2, 0) is 16.0 Å². The highest BCUT2D eigenvalue weighted by molar-refractivity contribution is 6.43. The highest BCUT2D eigenvalue weighted by Crippen LogP contribution is 2.09. The normalized spacial score (nSPS) is 13.8. The van der Waals surface area contributed by atoms with Crippen LogP contribution in [0.4, 0.5) is 0 Å². The van der Waals surface area contributed by atoms with Crippen molar-refractivity contribution in [3.63, 3.8) is 0 Å². The van der Waals surface area contributed by atoms with E-state index in [9.17, 15) is 19.6 Å². The molecule has 0 aliphatic rings. The number of hydrogen-bond acceptors (Lipinski definition) is 6. The van der Waals surface area contributed by atoms with Crippen LogP contribution in [0.15, 0.2) is 52.2 Å². The molecule has 0 aliphatic heterocycles. The van der Waals surface area contributed by atoms with Gasteiger partial charge in [0.05, 0.1) is 12.1 Å². The lowest BCUT2D eigenvalue weighted by atomic mass is 9.75. The van der Waals surface area contributed by atoms with Gasteiger partial charge in [0.25, 0.3) is 5.91 Å². The van der Waals surface area contributed by atoms with E-state index in [0.29, 0.717) is 6.42 Å². The van der Waals surface area contributed by atoms with Crippen molar-refractivity contribution in [3.8, 4) is 0 Å². The minimum absolute atomic E-state index is 0.0325. The van der Waals surface area contributed by atoms with Gasteiger partial charge in [-0.1, -0.05) is 44.2 Å². The zero-order chi connectivity index (χ0) is 21.8. The molecule has 0 saturated heterocycles. The molecule has 2 atom stereocenters. The van der Waals surface area contributed by atoms with Crippen molar-refractivity contribution in [2.24, 2.45) is 15.9 Å². The van der Waals surface area contributed by atoms with E-state index in [-0.39, 0.29) is 18.0 Å². The molecular formula is C20H29BN4O4. The zero-order valence-electron chi connectivity index (χ0n) is 17.1. The van der Waals surface area contributed by atoms with Crippen LogP contribution in [0.25, 0.3) is 0 Å². The van der Waals surface area contributed by atoms with Gasteiger partial charge >= 0.3 is 7.12 Å². The van der Waals surface area contributed by atoms with Crippen molar-refractivity contribution >= 4 is 31.9 Å². The molecule has 2 unspecified atom stereocenters. The van der Waals surface area contributed by atoms with E-state index in [1.807, 2.05) is 44.2 Å². The van der Waals surface area contributed by atoms with Crippen molar-refractivity contribution in [2.45, 2.75) is 45.6 Å². The fourth-order valence-electron chi connectivity index (χ4n) is 2.65. The number of aliphatic imine (C=N–C) groups is 2. The lowest BCUT2D eigenvalue weighted by molar-refractivity contribution is -0.127. The standard InChI is InChI=1S/C20H29BN4O4/c1-5-23-13-17(22-4)20(27)24-16(12-15-9-7-6-8-10-15)19(26)25-18(21(28)29)11-14(2)3/h5-10,13-14,16,18,28-29H,4,11-12H2,1-3H3,(H,24,27)(H,25,26). The summed E-state index contributed by atoms with van der Waals surface area (Å²) in [4.78, 5) is 32.9. The molecule has 4 N–H and O–H groups in total. The molecule has 29 heavy (non-hydrogen) atoms. The van der Waals surface area contributed by atoms with E-state index in [2.05, 4.69) is 27.3 Å². The van der Waals surface area contributed by atoms with E-state index in [0.717, 1.165) is 5.56 Å². The summed E-state index contributed by atoms with van der Waals surface area (Å²) in [5.74, 6) is -1.85. The molecule has 0 fully saturated rings. The van der Waals surface area contributed by atoms with E-state index < -0.39 is 30.9 Å². The summed E-state index contributed by atoms with van der Waals surface area (Å²) >= 11 is 0. The van der Waals surface area contributed by atoms with Gasteiger partial charge in [0.2, 0.25) is 5.91 Å². The number of amides is 2. The van der Waals surface area contributed by atoms with Crippen molar-refractivity contribution in [3.05, 3.63) is 47.8 Å². The third-order valence-electron chi connectivity index (χ3n) is 4.07. The number of carbonyl (C=O) groups is 2. The maximum absolute atomic E-state index is 12.9. The Bertz CT molecular complexity index is 735. The van der Waals surface area contributed by atoms with Crippen LogP contribution in [0, 0.1) is 5.92 Å². The Balaban J connectivity index is 3.04. The second-order valence-electron chi connectivity index (χ2n) is 6.95. The van der Waals surface area contributed by atoms with Crippen LogP contribution < -0.4 is 10.6 Å². The Hall–Kier alpha value is -2.78. The van der Waals surface area contributed by atoms with Crippen molar-refractivity contribution in [2.75, 3.05) is 0 Å². The van der Waals surface area contributed by atoms with Gasteiger partial charge in [0.1, 0.15) is 11.7 Å². The van der Waals surface area contributed by atoms with Crippen LogP contribution in [0.5, 0.6) is 0 Å². The smallest absolute Gasteiger partial charge is 0.426 e. The molecule has 0 saturated carbocycles. The maximum atomic E-state index is 12.9. The maximum Gasteiger partial charge on any atom is 0.475 e. The average Bonchev–Trinajstić information content (AvgIpc) is 2.67. The van der Waals surface area contributed by atoms with Crippen molar-refractivity contribution in [1.29, 1.82) is 0 Å². The molecular weight excluding hydrogens is 371 g/mol. The molecule has 0 radical (unpaired) electrons. The summed E-state index contributed by atoms with van der Waals surface area (Å²) in [5, 5.41) is 24.4. The summed E-state index contributed by atoms with van der Waals surface area (Å²) in [7, 11) is -1.71. The minimum Gasteiger partial charge on any atom is -0.426 e. The van der Waals surface area contributed by atoms with Gasteiger partial charge in [-0.3, -0.25) is 19.6 Å². The molecule has 2 amide bonds. The lowest BCUT2D eigenvalue weighted by Gasteiger charge is -2.24. The first-order chi connectivity index (χ1) is 13.8. The lowest BCUT2D eigenvalue weighted by Crippen LogP contribution is -2.55. The first kappa shape index (κ1) is 24.3. The van der Waals surface area contributed by atoms with E-state index in [1.165, 1.54) is 12.4 Å². The van der Waals surface area contributed by atoms with Gasteiger partial charge in [0.15, 0.2) is 0 Å². The number of benzene rings is 1. The number of rotatable bonds is 11. The summed E-state index contributed by atoms with van der Waals surface area (Å²) in [6, 6.07) is 8.23. The second kappa shape index (κ2) is 12.6. The quantitative estimate of drug-likeness (QED) is 0.250. The van der Waals surface area contributed by atoms with Crippen LogP contribution in [0.2, 0.25) is 0 Å². The molecule has 0 aromatic heterocycles. The molecule has 1 aromatic rings. The summed E-state index contributed by atoms with van der Waals surface area (Å²) < 4.78 is 0. The number of carbonyl (C=O) groups excluding carboxylic acids is 2. The Labute approximate surface area is 172 Å². The molecule has 1 aromatic carbocycles. The average molecular weight is 400 g/mol. The van der Waals surface area contributed by atoms with Crippen LogP contribution >= 0.6 is 0 Å². The monoisotopic (exact) mass is 400 g/mol. The molecule has 0 spiro atoms. The largest absolute Gasteiger partial charge is 0.475 e. The van der Waals surface area contributed by atoms with Crippen molar-refractivity contribution in [1.82, 2.24) is 10.6 Å². The van der Waals surface area contributed by atoms with Crippen LogP contribution in [0.1, 0.15) is 32.8 Å². The third-order valence-corrected chi connectivity index (χ3v) is 4.07. The predicted octanol–water partition coefficient (Wildman–Crippen LogP) is 0.889. The highest BCUT2D eigenvalue weighted by atomic mass is 16.4. The number of nitrogens with one attached hydrogen (secondary N) is 2. The molecule has 0 bridgehead atoms. The van der Waals surface area contributed by atoms with E-state index in [4.69, 9.17) is 0 Å². The first-order valence-electron chi connectivity index (χ1n) is 9.44. The fraction of sp³-hybridized carbons (Fsp3) is 0.400. The first-order valence-corrected chi connectivity index (χ1v) is 9.44. The van der Waals surface area contributed by atoms with Gasteiger partial charge < -0.3 is 20.7 Å². The third kappa shape index (κ3) is 8.84. The van der Waals surface area contributed by atoms with Gasteiger partial charge in [-0.25, -0.2) is 0 Å². The molecule has 0 aliphatic carbocycles. The summed E-state index contributed by atoms with van der Waals surface area (Å²) in [5.41, 5.74) is 0.802. The molecule has 8 nitrogen and oxygen atoms in total. The van der Waals surface area contributed by atoms with Crippen molar-refractivity contribution < 1.29 is 19.6 Å². The molecule has 156 valence electrons. The number of nitrogens with zero attached hydrogens (tertiary/aromatic N) is 2. The second-order valence-corrected chi connectivity index (χ2v) is 6.95. The molecule has 9 heteroatoms. The summed E-state index contributed by atoms with van der Waals surface area (Å²) in [6.07, 6.45) is 3.33. The predicted molar refractivity (Wildman–Crippen MR) is 115 cm³/mol. The fourth-order valence-corrected chi connectivity index (χ4v) is 2.65. The minimum atomic E-state index is -1.71. The summed E-state index contributed by atoms with van der Waals surface area (Å²) in [6.45, 7) is 8.86. The number of hydrogen-bond donors (Lipinski definition) is 4. The topological polar surface area (TPSA) is 123 Å². The highest BCUT2D eigenvalue weighted by Gasteiger charge is 2.30. The van der Waals surface area contributed by atoms with Gasteiger partial charge in [0, 0.05) is 12.6 Å².